The van der Waals surface area contributed by atoms with Gasteiger partial charge in [0.15, 0.2) is 11.5 Å². The fourth-order valence-electron chi connectivity index (χ4n) is 2.46. The van der Waals surface area contributed by atoms with Gasteiger partial charge in [-0.05, 0) is 25.0 Å². The van der Waals surface area contributed by atoms with Gasteiger partial charge in [0.1, 0.15) is 19.8 Å². The topological polar surface area (TPSA) is 85.3 Å². The number of fused-ring (bicyclic) bond motifs is 1. The third kappa shape index (κ3) is 2.79. The van der Waals surface area contributed by atoms with Gasteiger partial charge >= 0.3 is 5.97 Å². The Morgan fingerprint density at radius 3 is 2.68 bits per heavy atom. The molecule has 1 aliphatic heterocycles. The van der Waals surface area contributed by atoms with Gasteiger partial charge < -0.3 is 24.2 Å². The van der Waals surface area contributed by atoms with Gasteiger partial charge in [0, 0.05) is 11.6 Å². The highest BCUT2D eigenvalue weighted by Gasteiger charge is 2.35. The van der Waals surface area contributed by atoms with E-state index in [1.54, 1.807) is 12.1 Å². The van der Waals surface area contributed by atoms with E-state index in [1.807, 2.05) is 0 Å². The van der Waals surface area contributed by atoms with Crippen LogP contribution >= 0.6 is 0 Å². The molecule has 22 heavy (non-hydrogen) atoms. The largest absolute Gasteiger partial charge is 0.493 e. The van der Waals surface area contributed by atoms with Gasteiger partial charge in [-0.1, -0.05) is 0 Å². The van der Waals surface area contributed by atoms with E-state index in [2.05, 4.69) is 0 Å². The summed E-state index contributed by atoms with van der Waals surface area (Å²) in [6.07, 6.45) is 1.67. The number of hydrogen-bond acceptors (Lipinski definition) is 5. The standard InChI is InChI=1S/C15H17NO6/c1-20-11-6-9(7-12-14(11)22-5-4-21-12)15(19)16(8-13(17)18)10-2-3-10/h6-7,10H,2-5,8H2,1H3,(H,17,18). The number of carboxylic acid groups (broad SMARTS) is 1. The van der Waals surface area contributed by atoms with E-state index in [1.165, 1.54) is 12.0 Å². The zero-order valence-electron chi connectivity index (χ0n) is 12.2. The van der Waals surface area contributed by atoms with Crippen molar-refractivity contribution in [3.8, 4) is 17.2 Å². The molecular weight excluding hydrogens is 290 g/mol. The molecular formula is C15H17NO6. The molecule has 0 unspecified atom stereocenters. The molecule has 1 saturated carbocycles. The second-order valence-corrected chi connectivity index (χ2v) is 5.26. The Bertz CT molecular complexity index is 593. The maximum Gasteiger partial charge on any atom is 0.323 e. The number of carboxylic acids is 1. The summed E-state index contributed by atoms with van der Waals surface area (Å²) in [6, 6.07) is 3.15. The van der Waals surface area contributed by atoms with Crippen LogP contribution in [0.1, 0.15) is 23.2 Å². The van der Waals surface area contributed by atoms with E-state index >= 15 is 0 Å². The van der Waals surface area contributed by atoms with Crippen LogP contribution in [0.4, 0.5) is 0 Å². The zero-order chi connectivity index (χ0) is 15.7. The predicted molar refractivity (Wildman–Crippen MR) is 75.7 cm³/mol. The lowest BCUT2D eigenvalue weighted by molar-refractivity contribution is -0.137. The molecule has 1 aliphatic carbocycles. The average Bonchev–Trinajstić information content (AvgIpc) is 3.35. The van der Waals surface area contributed by atoms with Crippen molar-refractivity contribution in [1.82, 2.24) is 4.90 Å². The first kappa shape index (κ1) is 14.5. The van der Waals surface area contributed by atoms with E-state index in [0.29, 0.717) is 36.0 Å². The van der Waals surface area contributed by atoms with E-state index in [0.717, 1.165) is 12.8 Å². The van der Waals surface area contributed by atoms with Crippen molar-refractivity contribution in [3.05, 3.63) is 17.7 Å². The number of benzene rings is 1. The summed E-state index contributed by atoms with van der Waals surface area (Å²) in [5.41, 5.74) is 0.342. The van der Waals surface area contributed by atoms with Gasteiger partial charge in [-0.3, -0.25) is 9.59 Å². The number of methoxy groups -OCH3 is 1. The second-order valence-electron chi connectivity index (χ2n) is 5.26. The first-order valence-electron chi connectivity index (χ1n) is 7.10. The third-order valence-corrected chi connectivity index (χ3v) is 3.63. The predicted octanol–water partition coefficient (Wildman–Crippen LogP) is 1.16. The monoisotopic (exact) mass is 307 g/mol. The molecule has 1 aromatic carbocycles. The van der Waals surface area contributed by atoms with Crippen LogP contribution in [0.3, 0.4) is 0 Å². The van der Waals surface area contributed by atoms with Crippen molar-refractivity contribution in [1.29, 1.82) is 0 Å². The summed E-state index contributed by atoms with van der Waals surface area (Å²) in [5.74, 6) is -0.0296. The van der Waals surface area contributed by atoms with Crippen LogP contribution in [0.5, 0.6) is 17.2 Å². The lowest BCUT2D eigenvalue weighted by Crippen LogP contribution is -2.37. The fraction of sp³-hybridized carbons (Fsp3) is 0.467. The van der Waals surface area contributed by atoms with Crippen LogP contribution < -0.4 is 14.2 Å². The molecule has 0 radical (unpaired) electrons. The minimum absolute atomic E-state index is 0.00259. The minimum Gasteiger partial charge on any atom is -0.493 e. The van der Waals surface area contributed by atoms with Crippen molar-refractivity contribution in [3.63, 3.8) is 0 Å². The molecule has 0 aromatic heterocycles. The molecule has 2 aliphatic rings. The van der Waals surface area contributed by atoms with Crippen LogP contribution in [0.2, 0.25) is 0 Å². The normalized spacial score (nSPS) is 16.0. The van der Waals surface area contributed by atoms with E-state index in [9.17, 15) is 9.59 Å². The minimum atomic E-state index is -1.02. The molecule has 0 bridgehead atoms. The summed E-state index contributed by atoms with van der Waals surface area (Å²) in [4.78, 5) is 25.0. The van der Waals surface area contributed by atoms with E-state index < -0.39 is 5.97 Å². The third-order valence-electron chi connectivity index (χ3n) is 3.63. The number of nitrogens with zero attached hydrogens (tertiary/aromatic N) is 1. The molecule has 1 N–H and O–H groups in total. The Kier molecular flexibility index (Phi) is 3.79. The summed E-state index contributed by atoms with van der Waals surface area (Å²) in [7, 11) is 1.48. The van der Waals surface area contributed by atoms with Crippen molar-refractivity contribution in [2.75, 3.05) is 26.9 Å². The number of aliphatic carboxylic acids is 1. The average molecular weight is 307 g/mol. The molecule has 1 fully saturated rings. The van der Waals surface area contributed by atoms with Crippen molar-refractivity contribution < 1.29 is 28.9 Å². The van der Waals surface area contributed by atoms with Crippen LogP contribution in [0, 0.1) is 0 Å². The number of ether oxygens (including phenoxy) is 3. The lowest BCUT2D eigenvalue weighted by Gasteiger charge is -2.24. The molecule has 3 rings (SSSR count). The maximum atomic E-state index is 12.6. The second kappa shape index (κ2) is 5.75. The summed E-state index contributed by atoms with van der Waals surface area (Å²) in [5, 5.41) is 8.99. The molecule has 0 saturated heterocycles. The van der Waals surface area contributed by atoms with Gasteiger partial charge in [0.05, 0.1) is 7.11 Å². The van der Waals surface area contributed by atoms with E-state index in [4.69, 9.17) is 19.3 Å². The van der Waals surface area contributed by atoms with Gasteiger partial charge in [0.2, 0.25) is 5.75 Å². The first-order chi connectivity index (χ1) is 10.6. The number of rotatable bonds is 5. The molecule has 1 heterocycles. The Morgan fingerprint density at radius 2 is 2.05 bits per heavy atom. The lowest BCUT2D eigenvalue weighted by atomic mass is 10.1. The molecule has 118 valence electrons. The smallest absolute Gasteiger partial charge is 0.323 e. The van der Waals surface area contributed by atoms with E-state index in [-0.39, 0.29) is 18.5 Å². The van der Waals surface area contributed by atoms with Gasteiger partial charge in [-0.25, -0.2) is 0 Å². The molecule has 1 aromatic rings. The zero-order valence-corrected chi connectivity index (χ0v) is 12.2. The van der Waals surface area contributed by atoms with Crippen LogP contribution in [0.15, 0.2) is 12.1 Å². The summed E-state index contributed by atoms with van der Waals surface area (Å²) in [6.45, 7) is 0.513. The quantitative estimate of drug-likeness (QED) is 0.878. The van der Waals surface area contributed by atoms with Gasteiger partial charge in [-0.15, -0.1) is 0 Å². The summed E-state index contributed by atoms with van der Waals surface area (Å²) < 4.78 is 16.2. The van der Waals surface area contributed by atoms with Crippen LogP contribution in [-0.2, 0) is 4.79 Å². The Hall–Kier alpha value is -2.44. The SMILES string of the molecule is COc1cc(C(=O)N(CC(=O)O)C2CC2)cc2c1OCCO2. The highest BCUT2D eigenvalue weighted by Crippen LogP contribution is 2.41. The van der Waals surface area contributed by atoms with Gasteiger partial charge in [-0.2, -0.15) is 0 Å². The molecule has 7 nitrogen and oxygen atoms in total. The Labute approximate surface area is 127 Å². The molecule has 0 atom stereocenters. The number of carbonyl (C=O) groups excluding carboxylic acids is 1. The summed E-state index contributed by atoms with van der Waals surface area (Å²) >= 11 is 0. The van der Waals surface area contributed by atoms with Crippen molar-refractivity contribution in [2.45, 2.75) is 18.9 Å². The highest BCUT2D eigenvalue weighted by atomic mass is 16.6. The maximum absolute atomic E-state index is 12.6. The van der Waals surface area contributed by atoms with Crippen LogP contribution in [0.25, 0.3) is 0 Å². The number of amides is 1. The van der Waals surface area contributed by atoms with Crippen LogP contribution in [-0.4, -0.2) is 54.8 Å². The van der Waals surface area contributed by atoms with Crippen molar-refractivity contribution >= 4 is 11.9 Å². The number of hydrogen-bond donors (Lipinski definition) is 1. The number of carbonyl (C=O) groups is 2. The van der Waals surface area contributed by atoms with Gasteiger partial charge in [0.25, 0.3) is 5.91 Å². The fourth-order valence-corrected chi connectivity index (χ4v) is 2.46. The van der Waals surface area contributed by atoms with Crippen molar-refractivity contribution in [2.24, 2.45) is 0 Å². The molecule has 7 heteroatoms. The molecule has 1 amide bonds. The Balaban J connectivity index is 1.92. The first-order valence-corrected chi connectivity index (χ1v) is 7.10. The highest BCUT2D eigenvalue weighted by molar-refractivity contribution is 5.97. The molecule has 0 spiro atoms. The Morgan fingerprint density at radius 1 is 1.32 bits per heavy atom.